The molecule has 1 saturated carbocycles. The monoisotopic (exact) mass is 594 g/mol. The van der Waals surface area contributed by atoms with E-state index in [1.54, 1.807) is 6.33 Å². The lowest BCUT2D eigenvalue weighted by Gasteiger charge is -2.40. The molecule has 10 rings (SSSR count). The van der Waals surface area contributed by atoms with Gasteiger partial charge in [-0.15, -0.1) is 0 Å². The zero-order valence-electron chi connectivity index (χ0n) is 26.3. The van der Waals surface area contributed by atoms with E-state index in [4.69, 9.17) is 9.40 Å². The van der Waals surface area contributed by atoms with Crippen molar-refractivity contribution in [1.82, 2.24) is 14.9 Å². The quantitative estimate of drug-likeness (QED) is 0.205. The maximum absolute atomic E-state index is 6.85. The number of aromatic nitrogens is 2. The van der Waals surface area contributed by atoms with Gasteiger partial charge in [-0.05, 0) is 60.8 Å². The summed E-state index contributed by atoms with van der Waals surface area (Å²) < 4.78 is 6.85. The van der Waals surface area contributed by atoms with Crippen molar-refractivity contribution < 1.29 is 4.42 Å². The molecule has 0 amide bonds. The van der Waals surface area contributed by atoms with Crippen LogP contribution in [0, 0.1) is 11.3 Å². The fraction of sp³-hybridized carbons (Fsp3) is 0.368. The normalized spacial score (nSPS) is 30.6. The molecule has 5 aromatic rings. The van der Waals surface area contributed by atoms with Gasteiger partial charge in [-0.25, -0.2) is 9.97 Å². The second-order valence-electron chi connectivity index (χ2n) is 13.8. The van der Waals surface area contributed by atoms with E-state index < -0.39 is 0 Å². The van der Waals surface area contributed by atoms with Gasteiger partial charge in [0.2, 0.25) is 0 Å². The number of hydrogen-bond donors (Lipinski definition) is 0. The first-order chi connectivity index (χ1) is 22.1. The first-order valence-electron chi connectivity index (χ1n) is 16.6. The van der Waals surface area contributed by atoms with Crippen LogP contribution in [-0.4, -0.2) is 41.3 Å². The molecule has 5 aliphatic rings. The first kappa shape index (κ1) is 25.8. The van der Waals surface area contributed by atoms with Crippen LogP contribution in [0.1, 0.15) is 56.6 Å². The smallest absolute Gasteiger partial charge is 0.159 e. The van der Waals surface area contributed by atoms with E-state index in [0.29, 0.717) is 11.8 Å². The maximum Gasteiger partial charge on any atom is 0.159 e. The Labute approximate surface area is 263 Å². The standard InChI is InChI=1S/C38H38N6O/c1-5-23-24-11-7-9-13-28(24)44-29-21-39-22-40-35(29)42(4)36(44)37(6-2)34(23)38(37)18-17-31-41(3)19-20-43(31)32-27(38)16-15-26-25-12-8-10-14-30(25)45-33(26)32/h7-16,19-23,31,34,36H,5-6,17-18H2,1-4H3. The summed E-state index contributed by atoms with van der Waals surface area (Å²) >= 11 is 0. The molecule has 6 unspecified atom stereocenters. The number of rotatable bonds is 2. The molecule has 7 heteroatoms. The van der Waals surface area contributed by atoms with E-state index in [9.17, 15) is 0 Å². The van der Waals surface area contributed by atoms with Gasteiger partial charge >= 0.3 is 0 Å². The van der Waals surface area contributed by atoms with Gasteiger partial charge in [0, 0.05) is 53.8 Å². The molecule has 1 aliphatic carbocycles. The second-order valence-corrected chi connectivity index (χ2v) is 13.8. The molecule has 6 atom stereocenters. The predicted molar refractivity (Wildman–Crippen MR) is 180 cm³/mol. The van der Waals surface area contributed by atoms with E-state index in [1.165, 1.54) is 33.3 Å². The molecule has 1 fully saturated rings. The molecule has 226 valence electrons. The zero-order chi connectivity index (χ0) is 30.2. The molecule has 7 nitrogen and oxygen atoms in total. The fourth-order valence-electron chi connectivity index (χ4n) is 11.0. The van der Waals surface area contributed by atoms with Gasteiger partial charge in [0.05, 0.1) is 11.9 Å². The molecule has 6 heterocycles. The van der Waals surface area contributed by atoms with Gasteiger partial charge in [-0.1, -0.05) is 62.4 Å². The average Bonchev–Trinajstić information content (AvgIpc) is 3.25. The SMILES string of the molecule is CCC1c2ccccc2N2c3cncnc3N(C)C2C2(CC)C1C21CCC2N(C)C=CN2c2c1ccc1c2oc2ccccc21. The van der Waals surface area contributed by atoms with Gasteiger partial charge in [0.25, 0.3) is 0 Å². The fourth-order valence-corrected chi connectivity index (χ4v) is 11.0. The first-order valence-corrected chi connectivity index (χ1v) is 16.6. The second kappa shape index (κ2) is 8.59. The molecule has 0 N–H and O–H groups in total. The van der Waals surface area contributed by atoms with E-state index in [2.05, 4.69) is 126 Å². The van der Waals surface area contributed by atoms with E-state index in [0.717, 1.165) is 48.4 Å². The minimum atomic E-state index is -0.0515. The summed E-state index contributed by atoms with van der Waals surface area (Å²) in [6.07, 6.45) is 13.0. The summed E-state index contributed by atoms with van der Waals surface area (Å²) in [4.78, 5) is 19.5. The van der Waals surface area contributed by atoms with Gasteiger partial charge in [0.15, 0.2) is 11.4 Å². The Morgan fingerprint density at radius 1 is 0.933 bits per heavy atom. The van der Waals surface area contributed by atoms with Crippen LogP contribution >= 0.6 is 0 Å². The molecule has 0 radical (unpaired) electrons. The number of para-hydroxylation sites is 2. The van der Waals surface area contributed by atoms with Crippen molar-refractivity contribution in [3.8, 4) is 0 Å². The average molecular weight is 595 g/mol. The number of benzene rings is 3. The number of hydrogen-bond acceptors (Lipinski definition) is 7. The highest BCUT2D eigenvalue weighted by molar-refractivity contribution is 6.10. The summed E-state index contributed by atoms with van der Waals surface area (Å²) in [6.45, 7) is 4.85. The third-order valence-corrected chi connectivity index (χ3v) is 12.5. The van der Waals surface area contributed by atoms with Crippen LogP contribution in [0.2, 0.25) is 0 Å². The summed E-state index contributed by atoms with van der Waals surface area (Å²) in [5.74, 6) is 1.91. The molecule has 3 aromatic carbocycles. The van der Waals surface area contributed by atoms with Gasteiger partial charge in [-0.3, -0.25) is 0 Å². The molecule has 45 heavy (non-hydrogen) atoms. The predicted octanol–water partition coefficient (Wildman–Crippen LogP) is 8.10. The Morgan fingerprint density at radius 3 is 2.64 bits per heavy atom. The Bertz CT molecular complexity index is 2070. The van der Waals surface area contributed by atoms with Crippen LogP contribution in [0.4, 0.5) is 22.9 Å². The Hall–Kier alpha value is -4.52. The minimum absolute atomic E-state index is 0.0291. The van der Waals surface area contributed by atoms with Gasteiger partial charge in [-0.2, -0.15) is 0 Å². The van der Waals surface area contributed by atoms with Crippen molar-refractivity contribution in [2.75, 3.05) is 28.8 Å². The third-order valence-electron chi connectivity index (χ3n) is 12.5. The topological polar surface area (TPSA) is 51.9 Å². The Kier molecular flexibility index (Phi) is 4.92. The largest absolute Gasteiger partial charge is 0.454 e. The van der Waals surface area contributed by atoms with Crippen LogP contribution in [0.3, 0.4) is 0 Å². The lowest BCUT2D eigenvalue weighted by atomic mass is 9.77. The summed E-state index contributed by atoms with van der Waals surface area (Å²) in [6, 6.07) is 22.5. The maximum atomic E-state index is 6.85. The number of anilines is 4. The van der Waals surface area contributed by atoms with Gasteiger partial charge in [0.1, 0.15) is 29.9 Å². The number of fused-ring (bicyclic) bond motifs is 17. The molecular formula is C38H38N6O. The van der Waals surface area contributed by atoms with Crippen molar-refractivity contribution in [2.24, 2.45) is 11.3 Å². The van der Waals surface area contributed by atoms with Crippen LogP contribution in [-0.2, 0) is 5.41 Å². The van der Waals surface area contributed by atoms with Crippen molar-refractivity contribution in [3.05, 3.63) is 96.7 Å². The van der Waals surface area contributed by atoms with E-state index >= 15 is 0 Å². The molecule has 0 bridgehead atoms. The number of nitrogens with zero attached hydrogens (tertiary/aromatic N) is 6. The van der Waals surface area contributed by atoms with Crippen LogP contribution < -0.4 is 14.7 Å². The Balaban J connectivity index is 1.31. The van der Waals surface area contributed by atoms with Crippen molar-refractivity contribution in [3.63, 3.8) is 0 Å². The summed E-state index contributed by atoms with van der Waals surface area (Å²) in [7, 11) is 4.49. The Morgan fingerprint density at radius 2 is 1.78 bits per heavy atom. The van der Waals surface area contributed by atoms with Crippen molar-refractivity contribution in [2.45, 2.75) is 63.2 Å². The lowest BCUT2D eigenvalue weighted by molar-refractivity contribution is 0.284. The lowest BCUT2D eigenvalue weighted by Crippen LogP contribution is -2.49. The van der Waals surface area contributed by atoms with Crippen molar-refractivity contribution in [1.29, 1.82) is 0 Å². The zero-order valence-corrected chi connectivity index (χ0v) is 26.3. The van der Waals surface area contributed by atoms with E-state index in [-0.39, 0.29) is 23.2 Å². The number of furan rings is 1. The molecular weight excluding hydrogens is 556 g/mol. The third kappa shape index (κ3) is 2.81. The molecule has 0 saturated heterocycles. The highest BCUT2D eigenvalue weighted by Gasteiger charge is 2.83. The minimum Gasteiger partial charge on any atom is -0.454 e. The highest BCUT2D eigenvalue weighted by Crippen LogP contribution is 2.83. The summed E-state index contributed by atoms with van der Waals surface area (Å²) in [5, 5.41) is 2.39. The van der Waals surface area contributed by atoms with Crippen LogP contribution in [0.15, 0.2) is 90.0 Å². The molecule has 1 spiro atoms. The highest BCUT2D eigenvalue weighted by atomic mass is 16.3. The van der Waals surface area contributed by atoms with Crippen molar-refractivity contribution >= 4 is 44.8 Å². The van der Waals surface area contributed by atoms with Crippen LogP contribution in [0.25, 0.3) is 21.9 Å². The molecule has 2 aromatic heterocycles. The molecule has 4 aliphatic heterocycles. The van der Waals surface area contributed by atoms with Gasteiger partial charge < -0.3 is 24.0 Å². The van der Waals surface area contributed by atoms with E-state index in [1.807, 2.05) is 6.20 Å². The van der Waals surface area contributed by atoms with Crippen LogP contribution in [0.5, 0.6) is 0 Å². The summed E-state index contributed by atoms with van der Waals surface area (Å²) in [5.41, 5.74) is 8.51.